The number of phosphoric acid groups is 3. The molecule has 438 valence electrons. The van der Waals surface area contributed by atoms with Crippen LogP contribution in [0.25, 0.3) is 11.2 Å². The van der Waals surface area contributed by atoms with Crippen molar-refractivity contribution in [3.8, 4) is 0 Å². The van der Waals surface area contributed by atoms with Crippen LogP contribution in [0.2, 0.25) is 0 Å². The number of anilines is 1. The highest BCUT2D eigenvalue weighted by Crippen LogP contribution is 2.61. The summed E-state index contributed by atoms with van der Waals surface area (Å²) in [6.07, 6.45) is 8.44. The van der Waals surface area contributed by atoms with Gasteiger partial charge in [0.1, 0.15) is 48.9 Å². The Morgan fingerprint density at radius 2 is 1.45 bits per heavy atom. The number of amides is 2. The van der Waals surface area contributed by atoms with Crippen LogP contribution in [0.1, 0.15) is 130 Å². The highest BCUT2D eigenvalue weighted by atomic mass is 32.2. The zero-order chi connectivity index (χ0) is 57.3. The van der Waals surface area contributed by atoms with Gasteiger partial charge in [0.25, 0.3) is 0 Å². The number of aliphatic carboxylic acids is 1. The summed E-state index contributed by atoms with van der Waals surface area (Å²) in [6, 6.07) is 0. The molecule has 3 unspecified atom stereocenters. The van der Waals surface area contributed by atoms with Crippen molar-refractivity contribution in [1.29, 1.82) is 0 Å². The first-order chi connectivity index (χ1) is 35.4. The van der Waals surface area contributed by atoms with Gasteiger partial charge >= 0.3 is 23.5 Å². The molecule has 28 nitrogen and oxygen atoms in total. The first kappa shape index (κ1) is 69.1. The topological polar surface area (TPSA) is 424 Å². The summed E-state index contributed by atoms with van der Waals surface area (Å²) in [5.74, 6) is -2.22. The van der Waals surface area contributed by atoms with Gasteiger partial charge in [-0.15, -0.1) is 0 Å². The molecule has 0 spiro atoms. The van der Waals surface area contributed by atoms with Crippen LogP contribution >= 0.6 is 35.2 Å². The van der Waals surface area contributed by atoms with E-state index in [2.05, 4.69) is 41.3 Å². The second kappa shape index (κ2) is 33.5. The Morgan fingerprint density at radius 1 is 0.868 bits per heavy atom. The fraction of sp³-hybridized carbons (Fsp3) is 0.795. The molecule has 2 amide bonds. The van der Waals surface area contributed by atoms with Gasteiger partial charge in [-0.2, -0.15) is 4.31 Å². The van der Waals surface area contributed by atoms with E-state index >= 15 is 0 Å². The number of phosphoric ester groups is 3. The van der Waals surface area contributed by atoms with Gasteiger partial charge in [-0.1, -0.05) is 110 Å². The number of likely N-dealkylation sites (N-methyl/N-ethyl adjacent to an activating group) is 1. The first-order valence-electron chi connectivity index (χ1n) is 25.1. The number of fused-ring (bicyclic) bond motifs is 1. The third kappa shape index (κ3) is 28.2. The number of imidazole rings is 1. The molecule has 1 aliphatic heterocycles. The molecule has 11 N–H and O–H groups in total. The number of hydrogen-bond donors (Lipinski definition) is 10. The van der Waals surface area contributed by atoms with E-state index in [4.69, 9.17) is 24.6 Å². The molecule has 1 aliphatic rings. The summed E-state index contributed by atoms with van der Waals surface area (Å²) in [5, 5.41) is 45.8. The number of carboxylic acid groups (broad SMARTS) is 1. The number of nitrogens with zero attached hydrogens (tertiary/aromatic N) is 5. The van der Waals surface area contributed by atoms with Gasteiger partial charge in [0.15, 0.2) is 22.8 Å². The van der Waals surface area contributed by atoms with Crippen LogP contribution in [-0.2, 0) is 55.5 Å². The number of carbonyl (C=O) groups excluding carboxylic acids is 4. The summed E-state index contributed by atoms with van der Waals surface area (Å²) in [4.78, 5) is 98.3. The zero-order valence-corrected chi connectivity index (χ0v) is 47.7. The summed E-state index contributed by atoms with van der Waals surface area (Å²) >= 11 is 1.15. The maximum absolute atomic E-state index is 12.7. The molecule has 76 heavy (non-hydrogen) atoms. The second-order valence-corrected chi connectivity index (χ2v) is 25.4. The third-order valence-corrected chi connectivity index (χ3v) is 15.4. The van der Waals surface area contributed by atoms with Crippen molar-refractivity contribution < 1.29 is 100.0 Å². The summed E-state index contributed by atoms with van der Waals surface area (Å²) < 4.78 is 62.9. The number of carbonyl (C=O) groups is 4. The quantitative estimate of drug-likeness (QED) is 0.0264. The number of aliphatic hydroxyl groups is 3. The van der Waals surface area contributed by atoms with Crippen molar-refractivity contribution in [3.05, 3.63) is 12.7 Å². The number of unbranched alkanes of at least 4 members (excludes halogenated alkanes) is 12. The van der Waals surface area contributed by atoms with Crippen molar-refractivity contribution in [2.24, 2.45) is 5.41 Å². The SMILES string of the molecule is CCCCCCCCCCCCCCCC(=O)SCCNC(=O)CCNC(=O)[C@H](O)C(C)(C)COP(=O)(O)OP(=O)(O)OC[C@H]1O[C@@H](n2cnc3c(N)ncnc32)[C@H](O)[C@@H]1OP(=O)(O)O.C[N+](C)(C)CC(O)CC(=O)[O-]. The molecule has 32 heteroatoms. The molecule has 1 fully saturated rings. The molecule has 0 aliphatic carbocycles. The number of nitrogens with two attached hydrogens (primary N) is 1. The van der Waals surface area contributed by atoms with Crippen LogP contribution in [0.5, 0.6) is 0 Å². The van der Waals surface area contributed by atoms with Gasteiger partial charge in [-0.3, -0.25) is 32.5 Å². The van der Waals surface area contributed by atoms with E-state index in [0.717, 1.165) is 48.2 Å². The second-order valence-electron chi connectivity index (χ2n) is 20.0. The summed E-state index contributed by atoms with van der Waals surface area (Å²) in [5.41, 5.74) is 4.29. The van der Waals surface area contributed by atoms with E-state index in [-0.39, 0.29) is 48.0 Å². The Kier molecular flexibility index (Phi) is 30.5. The molecule has 0 aromatic carbocycles. The number of thioether (sulfide) groups is 1. The lowest BCUT2D eigenvalue weighted by atomic mass is 9.87. The molecule has 2 aromatic rings. The first-order valence-corrected chi connectivity index (χ1v) is 30.6. The Bertz CT molecular complexity index is 2250. The van der Waals surface area contributed by atoms with Gasteiger partial charge in [0.2, 0.25) is 11.8 Å². The number of rotatable bonds is 37. The standard InChI is InChI=1S/C37H66N7O17P3S.C7H15NO3/c1-4-5-6-7-8-9-10-11-12-13-14-15-16-17-28(46)65-21-20-39-27(45)18-19-40-35(49)32(48)37(2,3)23-58-64(55,56)61-63(53,54)57-22-26-31(60-62(50,51)52)30(47)36(59-26)44-25-43-29-33(38)41-24-42-34(29)44;1-8(2,3)5-6(9)4-7(10)11/h24-26,30-32,36,47-48H,4-23H2,1-3H3,(H,39,45)(H,40,49)(H,53,54)(H,55,56)(H2,38,41,42)(H2,50,51,52);6,9H,4-5H2,1-3H3/t26-,30-,31-,32+,36-;/m1./s1. The van der Waals surface area contributed by atoms with Crippen molar-refractivity contribution >= 4 is 75.1 Å². The van der Waals surface area contributed by atoms with E-state index < -0.39 is 96.6 Å². The van der Waals surface area contributed by atoms with Gasteiger partial charge in [-0.25, -0.2) is 28.6 Å². The molecule has 0 radical (unpaired) electrons. The van der Waals surface area contributed by atoms with E-state index in [9.17, 15) is 67.8 Å². The molecule has 0 bridgehead atoms. The highest BCUT2D eigenvalue weighted by molar-refractivity contribution is 8.13. The number of nitrogen functional groups attached to an aromatic ring is 1. The predicted octanol–water partition coefficient (Wildman–Crippen LogP) is 2.34. The monoisotopic (exact) mass is 1170 g/mol. The average molecular weight is 1170 g/mol. The Morgan fingerprint density at radius 3 is 2.01 bits per heavy atom. The lowest BCUT2D eigenvalue weighted by Crippen LogP contribution is -2.46. The fourth-order valence-corrected chi connectivity index (χ4v) is 11.1. The van der Waals surface area contributed by atoms with Crippen LogP contribution in [0, 0.1) is 5.41 Å². The number of aromatic nitrogens is 4. The van der Waals surface area contributed by atoms with Crippen LogP contribution in [0.3, 0.4) is 0 Å². The van der Waals surface area contributed by atoms with Gasteiger partial charge in [0.05, 0.1) is 40.7 Å². The molecule has 3 heterocycles. The fourth-order valence-electron chi connectivity index (χ4n) is 7.54. The number of nitrogens with one attached hydrogen (secondary N) is 2. The molecular formula is C44H81N8O20P3S. The molecule has 8 atom stereocenters. The molecule has 3 rings (SSSR count). The zero-order valence-electron chi connectivity index (χ0n) is 44.2. The lowest BCUT2D eigenvalue weighted by Gasteiger charge is -2.30. The molecular weight excluding hydrogens is 1090 g/mol. The largest absolute Gasteiger partial charge is 0.550 e. The Labute approximate surface area is 447 Å². The maximum atomic E-state index is 12.7. The number of quaternary nitrogens is 1. The molecule has 1 saturated heterocycles. The van der Waals surface area contributed by atoms with Crippen molar-refractivity contribution in [2.75, 3.05) is 65.5 Å². The van der Waals surface area contributed by atoms with Crippen LogP contribution in [0.4, 0.5) is 5.82 Å². The number of aliphatic hydroxyl groups excluding tert-OH is 3. The van der Waals surface area contributed by atoms with E-state index in [1.54, 1.807) is 0 Å². The van der Waals surface area contributed by atoms with Gasteiger partial charge in [-0.05, 0) is 6.42 Å². The van der Waals surface area contributed by atoms with Crippen molar-refractivity contribution in [2.45, 2.75) is 160 Å². The van der Waals surface area contributed by atoms with Crippen LogP contribution in [0.15, 0.2) is 12.7 Å². The van der Waals surface area contributed by atoms with E-state index in [1.165, 1.54) is 78.1 Å². The lowest BCUT2D eigenvalue weighted by molar-refractivity contribution is -0.873. The average Bonchev–Trinajstić information content (AvgIpc) is 3.86. The maximum Gasteiger partial charge on any atom is 0.481 e. The Balaban J connectivity index is 0.00000160. The van der Waals surface area contributed by atoms with E-state index in [1.807, 2.05) is 21.1 Å². The third-order valence-electron chi connectivity index (χ3n) is 11.4. The number of carboxylic acids is 1. The minimum atomic E-state index is -5.57. The minimum Gasteiger partial charge on any atom is -0.550 e. The molecule has 0 saturated carbocycles. The van der Waals surface area contributed by atoms with Crippen molar-refractivity contribution in [1.82, 2.24) is 30.2 Å². The summed E-state index contributed by atoms with van der Waals surface area (Å²) in [6.45, 7) is 3.23. The smallest absolute Gasteiger partial charge is 0.481 e. The van der Waals surface area contributed by atoms with Crippen molar-refractivity contribution in [3.63, 3.8) is 0 Å². The van der Waals surface area contributed by atoms with Gasteiger partial charge in [0, 0.05) is 49.5 Å². The van der Waals surface area contributed by atoms with Crippen LogP contribution < -0.4 is 21.5 Å². The van der Waals surface area contributed by atoms with Gasteiger partial charge < -0.3 is 70.4 Å². The predicted molar refractivity (Wildman–Crippen MR) is 276 cm³/mol. The number of hydrogen-bond acceptors (Lipinski definition) is 21. The molecule has 2 aromatic heterocycles. The Hall–Kier alpha value is -3.05. The number of ether oxygens (including phenoxy) is 1. The van der Waals surface area contributed by atoms with Crippen LogP contribution in [-0.4, -0.2) is 172 Å². The highest BCUT2D eigenvalue weighted by Gasteiger charge is 2.50. The minimum absolute atomic E-state index is 0.0338. The summed E-state index contributed by atoms with van der Waals surface area (Å²) in [7, 11) is -10.7. The normalized spacial score (nSPS) is 19.5. The van der Waals surface area contributed by atoms with E-state index in [0.29, 0.717) is 23.2 Å².